The lowest BCUT2D eigenvalue weighted by Crippen LogP contribution is -2.30. The predicted octanol–water partition coefficient (Wildman–Crippen LogP) is 3.66. The summed E-state index contributed by atoms with van der Waals surface area (Å²) >= 11 is 5.30. The second-order valence-corrected chi connectivity index (χ2v) is 5.00. The molecule has 3 nitrogen and oxygen atoms in total. The molecule has 21 heavy (non-hydrogen) atoms. The average Bonchev–Trinajstić information content (AvgIpc) is 2.49. The van der Waals surface area contributed by atoms with Crippen LogP contribution in [0, 0.1) is 5.82 Å². The number of halogens is 1. The second kappa shape index (κ2) is 7.04. The molecule has 0 radical (unpaired) electrons. The minimum Gasteiger partial charge on any atom is -0.497 e. The van der Waals surface area contributed by atoms with Gasteiger partial charge < -0.3 is 15.0 Å². The molecule has 0 aliphatic carbocycles. The van der Waals surface area contributed by atoms with E-state index in [4.69, 9.17) is 17.0 Å². The maximum Gasteiger partial charge on any atom is 0.173 e. The van der Waals surface area contributed by atoms with Crippen LogP contribution in [0.25, 0.3) is 0 Å². The van der Waals surface area contributed by atoms with E-state index in [2.05, 4.69) is 5.32 Å². The van der Waals surface area contributed by atoms with Gasteiger partial charge in [-0.2, -0.15) is 0 Å². The summed E-state index contributed by atoms with van der Waals surface area (Å²) in [5.74, 6) is 0.475. The summed E-state index contributed by atoms with van der Waals surface area (Å²) in [4.78, 5) is 1.84. The number of thiocarbonyl (C=S) groups is 1. The molecule has 0 unspecified atom stereocenters. The monoisotopic (exact) mass is 304 g/mol. The quantitative estimate of drug-likeness (QED) is 0.871. The molecule has 2 aromatic carbocycles. The Morgan fingerprint density at radius 1 is 1.24 bits per heavy atom. The van der Waals surface area contributed by atoms with Gasteiger partial charge in [0.05, 0.1) is 12.8 Å². The molecule has 0 fully saturated rings. The third-order valence-corrected chi connectivity index (χ3v) is 3.43. The molecule has 2 rings (SSSR count). The maximum absolute atomic E-state index is 13.6. The molecule has 2 aromatic rings. The van der Waals surface area contributed by atoms with Gasteiger partial charge in [-0.05, 0) is 42.0 Å². The van der Waals surface area contributed by atoms with Crippen LogP contribution in [-0.2, 0) is 6.54 Å². The van der Waals surface area contributed by atoms with E-state index in [1.807, 2.05) is 36.2 Å². The van der Waals surface area contributed by atoms with Gasteiger partial charge in [0.1, 0.15) is 11.6 Å². The first-order valence-electron chi connectivity index (χ1n) is 6.49. The minimum absolute atomic E-state index is 0.324. The highest BCUT2D eigenvalue weighted by molar-refractivity contribution is 7.80. The van der Waals surface area contributed by atoms with E-state index in [9.17, 15) is 4.39 Å². The van der Waals surface area contributed by atoms with E-state index in [0.717, 1.165) is 11.3 Å². The molecule has 1 N–H and O–H groups in total. The molecule has 110 valence electrons. The highest BCUT2D eigenvalue weighted by atomic mass is 32.1. The number of nitrogens with one attached hydrogen (secondary N) is 1. The average molecular weight is 304 g/mol. The van der Waals surface area contributed by atoms with Crippen LogP contribution in [0.4, 0.5) is 10.1 Å². The minimum atomic E-state index is -0.324. The fraction of sp³-hybridized carbons (Fsp3) is 0.188. The van der Waals surface area contributed by atoms with Crippen LogP contribution in [-0.4, -0.2) is 24.2 Å². The SMILES string of the molecule is COc1cccc(CN(C)C(=S)Nc2ccccc2F)c1. The molecule has 0 bridgehead atoms. The summed E-state index contributed by atoms with van der Waals surface area (Å²) in [6.07, 6.45) is 0. The molecule has 0 saturated carbocycles. The number of methoxy groups -OCH3 is 1. The van der Waals surface area contributed by atoms with Crippen LogP contribution in [0.1, 0.15) is 5.56 Å². The highest BCUT2D eigenvalue weighted by Gasteiger charge is 2.08. The third-order valence-electron chi connectivity index (χ3n) is 3.02. The molecule has 0 amide bonds. The molecule has 0 spiro atoms. The number of para-hydroxylation sites is 1. The molecule has 0 aliphatic heterocycles. The number of benzene rings is 2. The van der Waals surface area contributed by atoms with Crippen molar-refractivity contribution in [3.8, 4) is 5.75 Å². The Bertz CT molecular complexity index is 633. The summed E-state index contributed by atoms with van der Waals surface area (Å²) in [5, 5.41) is 3.37. The topological polar surface area (TPSA) is 24.5 Å². The van der Waals surface area contributed by atoms with Crippen LogP contribution in [0.15, 0.2) is 48.5 Å². The Balaban J connectivity index is 2.01. The zero-order valence-electron chi connectivity index (χ0n) is 12.0. The van der Waals surface area contributed by atoms with E-state index < -0.39 is 0 Å². The molecule has 0 heterocycles. The van der Waals surface area contributed by atoms with Crippen molar-refractivity contribution in [3.63, 3.8) is 0 Å². The van der Waals surface area contributed by atoms with Crippen molar-refractivity contribution in [2.45, 2.75) is 6.54 Å². The van der Waals surface area contributed by atoms with Gasteiger partial charge in [0, 0.05) is 13.6 Å². The zero-order chi connectivity index (χ0) is 15.2. The number of hydrogen-bond acceptors (Lipinski definition) is 2. The summed E-state index contributed by atoms with van der Waals surface area (Å²) in [7, 11) is 3.49. The molecule has 0 aromatic heterocycles. The van der Waals surface area contributed by atoms with Gasteiger partial charge in [-0.15, -0.1) is 0 Å². The van der Waals surface area contributed by atoms with Crippen LogP contribution >= 0.6 is 12.2 Å². The Kier molecular flexibility index (Phi) is 5.11. The van der Waals surface area contributed by atoms with Crippen molar-refractivity contribution >= 4 is 23.0 Å². The number of ether oxygens (including phenoxy) is 1. The summed E-state index contributed by atoms with van der Waals surface area (Å²) in [5.41, 5.74) is 1.44. The van der Waals surface area contributed by atoms with E-state index in [-0.39, 0.29) is 5.82 Å². The Morgan fingerprint density at radius 3 is 2.71 bits per heavy atom. The maximum atomic E-state index is 13.6. The smallest absolute Gasteiger partial charge is 0.173 e. The lowest BCUT2D eigenvalue weighted by molar-refractivity contribution is 0.413. The van der Waals surface area contributed by atoms with E-state index >= 15 is 0 Å². The molecule has 5 heteroatoms. The van der Waals surface area contributed by atoms with Crippen LogP contribution in [0.2, 0.25) is 0 Å². The molecule has 0 saturated heterocycles. The Hall–Kier alpha value is -2.14. The van der Waals surface area contributed by atoms with Gasteiger partial charge in [0.15, 0.2) is 5.11 Å². The number of anilines is 1. The lowest BCUT2D eigenvalue weighted by Gasteiger charge is -2.21. The largest absolute Gasteiger partial charge is 0.497 e. The van der Waals surface area contributed by atoms with Gasteiger partial charge >= 0.3 is 0 Å². The molecular weight excluding hydrogens is 287 g/mol. The van der Waals surface area contributed by atoms with Crippen molar-refractivity contribution in [2.75, 3.05) is 19.5 Å². The highest BCUT2D eigenvalue weighted by Crippen LogP contribution is 2.16. The predicted molar refractivity (Wildman–Crippen MR) is 87.1 cm³/mol. The first kappa shape index (κ1) is 15.3. The van der Waals surface area contributed by atoms with Gasteiger partial charge in [0.2, 0.25) is 0 Å². The van der Waals surface area contributed by atoms with Crippen LogP contribution < -0.4 is 10.1 Å². The van der Waals surface area contributed by atoms with Crippen molar-refractivity contribution in [1.29, 1.82) is 0 Å². The number of rotatable bonds is 4. The molecule has 0 aliphatic rings. The second-order valence-electron chi connectivity index (χ2n) is 4.62. The van der Waals surface area contributed by atoms with E-state index in [1.165, 1.54) is 6.07 Å². The van der Waals surface area contributed by atoms with Gasteiger partial charge in [0.25, 0.3) is 0 Å². The zero-order valence-corrected chi connectivity index (χ0v) is 12.8. The van der Waals surface area contributed by atoms with Crippen LogP contribution in [0.3, 0.4) is 0 Å². The van der Waals surface area contributed by atoms with E-state index in [1.54, 1.807) is 25.3 Å². The standard InChI is InChI=1S/C16H17FN2OS/c1-19(11-12-6-5-7-13(10-12)20-2)16(21)18-15-9-4-3-8-14(15)17/h3-10H,11H2,1-2H3,(H,18,21). The van der Waals surface area contributed by atoms with Crippen molar-refractivity contribution in [1.82, 2.24) is 4.90 Å². The number of hydrogen-bond donors (Lipinski definition) is 1. The fourth-order valence-corrected chi connectivity index (χ4v) is 2.06. The molecule has 0 atom stereocenters. The Morgan fingerprint density at radius 2 is 2.00 bits per heavy atom. The van der Waals surface area contributed by atoms with Crippen molar-refractivity contribution < 1.29 is 9.13 Å². The molecular formula is C16H17FN2OS. The first-order valence-corrected chi connectivity index (χ1v) is 6.90. The van der Waals surface area contributed by atoms with Crippen molar-refractivity contribution in [3.05, 3.63) is 59.9 Å². The summed E-state index contributed by atoms with van der Waals surface area (Å²) in [6, 6.07) is 14.2. The normalized spacial score (nSPS) is 10.0. The van der Waals surface area contributed by atoms with Crippen LogP contribution in [0.5, 0.6) is 5.75 Å². The van der Waals surface area contributed by atoms with Gasteiger partial charge in [-0.3, -0.25) is 0 Å². The summed E-state index contributed by atoms with van der Waals surface area (Å²) < 4.78 is 18.8. The summed E-state index contributed by atoms with van der Waals surface area (Å²) in [6.45, 7) is 0.609. The fourth-order valence-electron chi connectivity index (χ4n) is 1.89. The first-order chi connectivity index (χ1) is 10.1. The Labute approximate surface area is 129 Å². The van der Waals surface area contributed by atoms with Gasteiger partial charge in [-0.1, -0.05) is 24.3 Å². The van der Waals surface area contributed by atoms with Gasteiger partial charge in [-0.25, -0.2) is 4.39 Å². The third kappa shape index (κ3) is 4.16. The van der Waals surface area contributed by atoms with E-state index in [0.29, 0.717) is 17.3 Å². The number of nitrogens with zero attached hydrogens (tertiary/aromatic N) is 1. The van der Waals surface area contributed by atoms with Crippen molar-refractivity contribution in [2.24, 2.45) is 0 Å². The lowest BCUT2D eigenvalue weighted by atomic mass is 10.2.